The van der Waals surface area contributed by atoms with E-state index in [2.05, 4.69) is 10.1 Å². The number of carbonyl (C=O) groups excluding carboxylic acids is 1. The van der Waals surface area contributed by atoms with Gasteiger partial charge < -0.3 is 15.8 Å². The second-order valence-electron chi connectivity index (χ2n) is 5.26. The standard InChI is InChI=1S/C14H19F3N2O4S/c1-24(21,22)9-7-12(18)13(20)19-8-6-10-2-4-11(5-3-10)23-14(15,16)17/h2-5,12H,6-9,18H2,1H3,(H,19,20). The van der Waals surface area contributed by atoms with Gasteiger partial charge in [0.25, 0.3) is 0 Å². The Labute approximate surface area is 138 Å². The molecule has 136 valence electrons. The van der Waals surface area contributed by atoms with Crippen LogP contribution in [0.4, 0.5) is 13.2 Å². The Hall–Kier alpha value is -1.81. The third-order valence-electron chi connectivity index (χ3n) is 3.01. The summed E-state index contributed by atoms with van der Waals surface area (Å²) in [6.07, 6.45) is -3.27. The van der Waals surface area contributed by atoms with Crippen molar-refractivity contribution in [1.29, 1.82) is 0 Å². The van der Waals surface area contributed by atoms with E-state index in [4.69, 9.17) is 5.73 Å². The lowest BCUT2D eigenvalue weighted by atomic mass is 10.1. The first-order chi connectivity index (χ1) is 11.0. The highest BCUT2D eigenvalue weighted by atomic mass is 32.2. The molecule has 0 heterocycles. The maximum Gasteiger partial charge on any atom is 0.573 e. The van der Waals surface area contributed by atoms with Crippen LogP contribution >= 0.6 is 0 Å². The molecule has 1 aromatic carbocycles. The van der Waals surface area contributed by atoms with Crippen molar-refractivity contribution in [3.63, 3.8) is 0 Å². The van der Waals surface area contributed by atoms with Crippen LogP contribution in [0.5, 0.6) is 5.75 Å². The van der Waals surface area contributed by atoms with Gasteiger partial charge >= 0.3 is 6.36 Å². The monoisotopic (exact) mass is 368 g/mol. The molecule has 3 N–H and O–H groups in total. The molecule has 0 fully saturated rings. The van der Waals surface area contributed by atoms with Gasteiger partial charge in [-0.1, -0.05) is 12.1 Å². The fraction of sp³-hybridized carbons (Fsp3) is 0.500. The lowest BCUT2D eigenvalue weighted by Crippen LogP contribution is -2.42. The van der Waals surface area contributed by atoms with E-state index in [1.165, 1.54) is 24.3 Å². The van der Waals surface area contributed by atoms with Crippen LogP contribution in [0.25, 0.3) is 0 Å². The van der Waals surface area contributed by atoms with Gasteiger partial charge in [0.1, 0.15) is 15.6 Å². The minimum absolute atomic E-state index is 0.0220. The van der Waals surface area contributed by atoms with E-state index in [0.717, 1.165) is 6.26 Å². The van der Waals surface area contributed by atoms with Crippen molar-refractivity contribution in [3.8, 4) is 5.75 Å². The van der Waals surface area contributed by atoms with Gasteiger partial charge in [-0.15, -0.1) is 13.2 Å². The van der Waals surface area contributed by atoms with Crippen molar-refractivity contribution in [2.45, 2.75) is 25.2 Å². The Morgan fingerprint density at radius 1 is 1.29 bits per heavy atom. The van der Waals surface area contributed by atoms with Crippen LogP contribution < -0.4 is 15.8 Å². The first-order valence-corrected chi connectivity index (χ1v) is 9.08. The lowest BCUT2D eigenvalue weighted by Gasteiger charge is -2.12. The van der Waals surface area contributed by atoms with Crippen LogP contribution in [0, 0.1) is 0 Å². The largest absolute Gasteiger partial charge is 0.573 e. The zero-order valence-electron chi connectivity index (χ0n) is 13.0. The number of hydrogen-bond acceptors (Lipinski definition) is 5. The number of carbonyl (C=O) groups is 1. The Bertz CT molecular complexity index is 645. The van der Waals surface area contributed by atoms with Crippen LogP contribution in [-0.4, -0.2) is 45.3 Å². The summed E-state index contributed by atoms with van der Waals surface area (Å²) in [5, 5.41) is 2.55. The molecule has 0 saturated heterocycles. The molecule has 0 bridgehead atoms. The molecule has 1 amide bonds. The molecule has 1 unspecified atom stereocenters. The van der Waals surface area contributed by atoms with Gasteiger partial charge in [-0.2, -0.15) is 0 Å². The van der Waals surface area contributed by atoms with E-state index in [9.17, 15) is 26.4 Å². The minimum Gasteiger partial charge on any atom is -0.406 e. The molecule has 0 aliphatic heterocycles. The number of rotatable bonds is 8. The molecule has 0 aliphatic rings. The smallest absolute Gasteiger partial charge is 0.406 e. The molecular formula is C14H19F3N2O4S. The van der Waals surface area contributed by atoms with Crippen LogP contribution in [0.15, 0.2) is 24.3 Å². The third-order valence-corrected chi connectivity index (χ3v) is 3.98. The highest BCUT2D eigenvalue weighted by Crippen LogP contribution is 2.22. The lowest BCUT2D eigenvalue weighted by molar-refractivity contribution is -0.274. The number of hydrogen-bond donors (Lipinski definition) is 2. The average Bonchev–Trinajstić information content (AvgIpc) is 2.44. The summed E-state index contributed by atoms with van der Waals surface area (Å²) in [5.74, 6) is -0.976. The first kappa shape index (κ1) is 20.2. The van der Waals surface area contributed by atoms with E-state index in [1.54, 1.807) is 0 Å². The van der Waals surface area contributed by atoms with Gasteiger partial charge in [-0.25, -0.2) is 8.42 Å². The van der Waals surface area contributed by atoms with Gasteiger partial charge in [0.15, 0.2) is 0 Å². The van der Waals surface area contributed by atoms with Crippen molar-refractivity contribution >= 4 is 15.7 Å². The molecule has 1 atom stereocenters. The topological polar surface area (TPSA) is 98.5 Å². The van der Waals surface area contributed by atoms with Gasteiger partial charge in [-0.3, -0.25) is 4.79 Å². The number of alkyl halides is 3. The van der Waals surface area contributed by atoms with Crippen LogP contribution in [-0.2, 0) is 21.1 Å². The van der Waals surface area contributed by atoms with Crippen molar-refractivity contribution < 1.29 is 31.1 Å². The Morgan fingerprint density at radius 2 is 1.88 bits per heavy atom. The molecule has 0 aliphatic carbocycles. The molecule has 1 rings (SSSR count). The Morgan fingerprint density at radius 3 is 2.38 bits per heavy atom. The highest BCUT2D eigenvalue weighted by Gasteiger charge is 2.30. The number of benzene rings is 1. The Balaban J connectivity index is 2.37. The van der Waals surface area contributed by atoms with E-state index < -0.39 is 28.1 Å². The second-order valence-corrected chi connectivity index (χ2v) is 7.52. The number of nitrogens with one attached hydrogen (secondary N) is 1. The van der Waals surface area contributed by atoms with Gasteiger partial charge in [0.05, 0.1) is 11.8 Å². The molecule has 1 aromatic rings. The fourth-order valence-electron chi connectivity index (χ4n) is 1.79. The Kier molecular flexibility index (Phi) is 7.03. The van der Waals surface area contributed by atoms with Crippen LogP contribution in [0.1, 0.15) is 12.0 Å². The molecule has 0 saturated carbocycles. The first-order valence-electron chi connectivity index (χ1n) is 7.02. The molecule has 6 nitrogen and oxygen atoms in total. The van der Waals surface area contributed by atoms with E-state index in [-0.39, 0.29) is 24.5 Å². The van der Waals surface area contributed by atoms with Gasteiger partial charge in [-0.05, 0) is 30.5 Å². The minimum atomic E-state index is -4.74. The highest BCUT2D eigenvalue weighted by molar-refractivity contribution is 7.90. The van der Waals surface area contributed by atoms with Gasteiger partial charge in [0, 0.05) is 12.8 Å². The van der Waals surface area contributed by atoms with Crippen LogP contribution in [0.2, 0.25) is 0 Å². The maximum atomic E-state index is 12.0. The fourth-order valence-corrected chi connectivity index (χ4v) is 2.47. The quantitative estimate of drug-likeness (QED) is 0.713. The zero-order chi connectivity index (χ0) is 18.4. The second kappa shape index (κ2) is 8.34. The predicted molar refractivity (Wildman–Crippen MR) is 82.1 cm³/mol. The summed E-state index contributed by atoms with van der Waals surface area (Å²) in [6, 6.07) is 4.35. The van der Waals surface area contributed by atoms with E-state index in [1.807, 2.05) is 0 Å². The van der Waals surface area contributed by atoms with E-state index >= 15 is 0 Å². The molecule has 0 radical (unpaired) electrons. The van der Waals surface area contributed by atoms with Crippen molar-refractivity contribution in [3.05, 3.63) is 29.8 Å². The van der Waals surface area contributed by atoms with Gasteiger partial charge in [0.2, 0.25) is 5.91 Å². The van der Waals surface area contributed by atoms with E-state index in [0.29, 0.717) is 12.0 Å². The zero-order valence-corrected chi connectivity index (χ0v) is 13.8. The average molecular weight is 368 g/mol. The molecule has 0 aromatic heterocycles. The summed E-state index contributed by atoms with van der Waals surface area (Å²) in [6.45, 7) is 0.227. The molecule has 24 heavy (non-hydrogen) atoms. The van der Waals surface area contributed by atoms with Crippen molar-refractivity contribution in [1.82, 2.24) is 5.32 Å². The maximum absolute atomic E-state index is 12.0. The summed E-state index contributed by atoms with van der Waals surface area (Å²) >= 11 is 0. The normalized spacial score (nSPS) is 13.4. The number of sulfone groups is 1. The third kappa shape index (κ3) is 8.73. The molecule has 10 heteroatoms. The number of nitrogens with two attached hydrogens (primary N) is 1. The van der Waals surface area contributed by atoms with Crippen molar-refractivity contribution in [2.75, 3.05) is 18.6 Å². The summed E-state index contributed by atoms with van der Waals surface area (Å²) in [5.41, 5.74) is 6.29. The molecule has 0 spiro atoms. The number of halogens is 3. The number of amides is 1. The number of ether oxygens (including phenoxy) is 1. The SMILES string of the molecule is CS(=O)(=O)CCC(N)C(=O)NCCc1ccc(OC(F)(F)F)cc1. The van der Waals surface area contributed by atoms with Crippen LogP contribution in [0.3, 0.4) is 0 Å². The molecular weight excluding hydrogens is 349 g/mol. The van der Waals surface area contributed by atoms with Crippen molar-refractivity contribution in [2.24, 2.45) is 5.73 Å². The summed E-state index contributed by atoms with van der Waals surface area (Å²) in [4.78, 5) is 11.7. The summed E-state index contributed by atoms with van der Waals surface area (Å²) < 4.78 is 61.8. The predicted octanol–water partition coefficient (Wildman–Crippen LogP) is 1.01. The summed E-state index contributed by atoms with van der Waals surface area (Å²) in [7, 11) is -3.19.